The number of fused-ring (bicyclic) bond motifs is 7. The minimum atomic E-state index is -0.223. The molecule has 16 aromatic rings. The molecule has 0 aromatic heterocycles. The Morgan fingerprint density at radius 2 is 0.515 bits per heavy atom. The van der Waals surface area contributed by atoms with Crippen molar-refractivity contribution < 1.29 is 9.47 Å². The number of hydrogen-bond acceptors (Lipinski definition) is 6. The first-order valence-electron chi connectivity index (χ1n) is 48.8. The number of anilines is 12. The average molecular weight is 1750 g/mol. The van der Waals surface area contributed by atoms with E-state index in [4.69, 9.17) is 9.47 Å². The van der Waals surface area contributed by atoms with Gasteiger partial charge in [0.25, 0.3) is 0 Å². The van der Waals surface area contributed by atoms with Gasteiger partial charge in [0.05, 0.1) is 12.2 Å². The van der Waals surface area contributed by atoms with Crippen molar-refractivity contribution in [3.8, 4) is 50.3 Å². The van der Waals surface area contributed by atoms with Crippen molar-refractivity contribution >= 4 is 68.2 Å². The van der Waals surface area contributed by atoms with Gasteiger partial charge >= 0.3 is 0 Å². The lowest BCUT2D eigenvalue weighted by Crippen LogP contribution is -2.42. The van der Waals surface area contributed by atoms with E-state index in [1.165, 1.54) is 162 Å². The van der Waals surface area contributed by atoms with Crippen molar-refractivity contribution in [2.75, 3.05) is 19.6 Å². The summed E-state index contributed by atoms with van der Waals surface area (Å²) in [5.74, 6) is 4.53. The van der Waals surface area contributed by atoms with E-state index in [0.717, 1.165) is 75.7 Å². The van der Waals surface area contributed by atoms with E-state index in [1.54, 1.807) is 11.1 Å². The van der Waals surface area contributed by atoms with Gasteiger partial charge in [-0.3, -0.25) is 0 Å². The third-order valence-electron chi connectivity index (χ3n) is 32.2. The summed E-state index contributed by atoms with van der Waals surface area (Å²) in [5, 5.41) is 0. The highest BCUT2D eigenvalue weighted by atomic mass is 16.5. The van der Waals surface area contributed by atoms with Crippen molar-refractivity contribution in [3.63, 3.8) is 0 Å². The van der Waals surface area contributed by atoms with Crippen LogP contribution in [0.4, 0.5) is 68.2 Å². The lowest BCUT2D eigenvalue weighted by Gasteiger charge is -2.44. The van der Waals surface area contributed by atoms with Gasteiger partial charge in [-0.15, -0.1) is 0 Å². The van der Waals surface area contributed by atoms with Crippen LogP contribution in [-0.4, -0.2) is 5.60 Å². The number of rotatable bonds is 16. The first-order valence-corrected chi connectivity index (χ1v) is 48.8. The van der Waals surface area contributed by atoms with E-state index in [1.807, 2.05) is 0 Å². The average Bonchev–Trinajstić information content (AvgIpc) is 1.53. The number of para-hydroxylation sites is 8. The Labute approximate surface area is 796 Å². The van der Waals surface area contributed by atoms with E-state index in [9.17, 15) is 0 Å². The van der Waals surface area contributed by atoms with Crippen LogP contribution in [0.2, 0.25) is 0 Å². The summed E-state index contributed by atoms with van der Waals surface area (Å²) in [5.41, 5.74) is 40.1. The summed E-state index contributed by atoms with van der Waals surface area (Å²) >= 11 is 0. The Bertz CT molecular complexity index is 6740. The molecule has 4 atom stereocenters. The zero-order valence-corrected chi connectivity index (χ0v) is 80.5. The summed E-state index contributed by atoms with van der Waals surface area (Å²) in [4.78, 5) is 9.29. The van der Waals surface area contributed by atoms with Gasteiger partial charge in [-0.1, -0.05) is 280 Å². The Morgan fingerprint density at radius 1 is 0.231 bits per heavy atom. The van der Waals surface area contributed by atoms with E-state index in [2.05, 4.69) is 505 Å². The first kappa shape index (κ1) is 88.4. The van der Waals surface area contributed by atoms with Gasteiger partial charge in [-0.25, -0.2) is 0 Å². The summed E-state index contributed by atoms with van der Waals surface area (Å²) < 4.78 is 12.4. The smallest absolute Gasteiger partial charge is 0.124 e. The monoisotopic (exact) mass is 1750 g/mol. The molecular weight excluding hydrogens is 1630 g/mol. The van der Waals surface area contributed by atoms with Crippen molar-refractivity contribution in [1.82, 2.24) is 0 Å². The molecule has 3 heterocycles. The van der Waals surface area contributed by atoms with Crippen LogP contribution in [0.5, 0.6) is 5.75 Å². The molecule has 0 spiro atoms. The number of nitrogens with zero attached hydrogens (tertiary/aromatic N) is 4. The van der Waals surface area contributed by atoms with Crippen LogP contribution < -0.4 is 24.3 Å². The van der Waals surface area contributed by atoms with Crippen LogP contribution in [0, 0.1) is 44.9 Å². The van der Waals surface area contributed by atoms with Crippen molar-refractivity contribution in [1.29, 1.82) is 0 Å². The lowest BCUT2D eigenvalue weighted by atomic mass is 9.59. The molecular formula is C128H126N4O2. The van der Waals surface area contributed by atoms with Crippen molar-refractivity contribution in [2.24, 2.45) is 17.3 Å². The zero-order valence-electron chi connectivity index (χ0n) is 80.5. The van der Waals surface area contributed by atoms with E-state index in [0.29, 0.717) is 12.2 Å². The lowest BCUT2D eigenvalue weighted by molar-refractivity contribution is 0.0712. The predicted octanol–water partition coefficient (Wildman–Crippen LogP) is 35.9. The first-order chi connectivity index (χ1) is 64.8. The minimum absolute atomic E-state index is 0.0520. The zero-order chi connectivity index (χ0) is 92.4. The number of hydrogen-bond donors (Lipinski definition) is 0. The van der Waals surface area contributed by atoms with E-state index >= 15 is 0 Å². The van der Waals surface area contributed by atoms with Crippen LogP contribution in [0.15, 0.2) is 388 Å². The molecule has 24 rings (SSSR count). The molecule has 3 aliphatic heterocycles. The van der Waals surface area contributed by atoms with Crippen LogP contribution >= 0.6 is 0 Å². The van der Waals surface area contributed by atoms with E-state index < -0.39 is 0 Å². The van der Waals surface area contributed by atoms with Gasteiger partial charge in [0.1, 0.15) is 11.4 Å². The third-order valence-corrected chi connectivity index (χ3v) is 32.2. The Balaban J connectivity index is 0.000000111. The number of ether oxygens (including phenoxy) is 2. The molecule has 670 valence electrons. The van der Waals surface area contributed by atoms with Gasteiger partial charge < -0.3 is 29.1 Å². The minimum Gasteiger partial charge on any atom is -0.487 e. The molecule has 16 aromatic carbocycles. The van der Waals surface area contributed by atoms with Crippen LogP contribution in [-0.2, 0) is 21.0 Å². The highest BCUT2D eigenvalue weighted by molar-refractivity contribution is 5.86. The fraction of sp³-hybridized carbons (Fsp3) is 0.250. The summed E-state index contributed by atoms with van der Waals surface area (Å²) in [6, 6.07) is 140. The number of aryl methyl sites for hydroxylation is 4. The second-order valence-corrected chi connectivity index (χ2v) is 41.3. The molecule has 0 amide bonds. The molecule has 5 aliphatic carbocycles. The Hall–Kier alpha value is -13.5. The maximum atomic E-state index is 6.27. The highest BCUT2D eigenvalue weighted by Gasteiger charge is 2.57. The molecule has 6 bridgehead atoms. The molecule has 134 heavy (non-hydrogen) atoms. The molecule has 6 nitrogen and oxygen atoms in total. The van der Waals surface area contributed by atoms with Gasteiger partial charge in [0.2, 0.25) is 0 Å². The largest absolute Gasteiger partial charge is 0.487 e. The molecule has 2 saturated carbocycles. The normalized spacial score (nSPS) is 18.9. The summed E-state index contributed by atoms with van der Waals surface area (Å²) in [6.45, 7) is 32.3. The fourth-order valence-electron chi connectivity index (χ4n) is 23.3. The maximum Gasteiger partial charge on any atom is 0.124 e. The molecule has 4 unspecified atom stereocenters. The van der Waals surface area contributed by atoms with Crippen LogP contribution in [0.25, 0.3) is 44.5 Å². The van der Waals surface area contributed by atoms with Gasteiger partial charge in [0.15, 0.2) is 0 Å². The van der Waals surface area contributed by atoms with E-state index in [-0.39, 0.29) is 27.3 Å². The van der Waals surface area contributed by atoms with Gasteiger partial charge in [0, 0.05) is 79.2 Å². The molecule has 8 aliphatic rings. The SMILES string of the molecule is Cc1cc(N(c2ccccc2)c2ccccc2)ccc1-c1ccc2c(c1)C(C)(C)C(C)(C)C2(C)C.Cc1cc(N(c2ccccc2)c2ccccc2)ccc1-c1ccc2c(c1)C(C)(C)C(C)(C)O2.Cc1cc(N(c2ccccc2)c2ccccc2)ccc1-c1ccc2c(c1)C1CC3CC(CC2C3)C1.Cc1cc(N(c2ccccc2)c2ccccc2)ccc1-c1ccc2c(c1)C1CCC2O1. The molecule has 1 saturated heterocycles. The van der Waals surface area contributed by atoms with Crippen LogP contribution in [0.1, 0.15) is 199 Å². The highest BCUT2D eigenvalue weighted by Crippen LogP contribution is 2.63. The third kappa shape index (κ3) is 16.6. The Kier molecular flexibility index (Phi) is 23.8. The molecule has 6 heteroatoms. The second-order valence-electron chi connectivity index (χ2n) is 41.3. The van der Waals surface area contributed by atoms with Gasteiger partial charge in [-0.05, 0) is 390 Å². The molecule has 0 radical (unpaired) electrons. The predicted molar refractivity (Wildman–Crippen MR) is 564 cm³/mol. The van der Waals surface area contributed by atoms with Gasteiger partial charge in [-0.2, -0.15) is 0 Å². The fourth-order valence-corrected chi connectivity index (χ4v) is 23.3. The summed E-state index contributed by atoms with van der Waals surface area (Å²) in [6.07, 6.45) is 10.1. The molecule has 3 fully saturated rings. The van der Waals surface area contributed by atoms with Crippen molar-refractivity contribution in [2.45, 2.75) is 188 Å². The summed E-state index contributed by atoms with van der Waals surface area (Å²) in [7, 11) is 0. The number of benzene rings is 16. The Morgan fingerprint density at radius 3 is 0.858 bits per heavy atom. The van der Waals surface area contributed by atoms with Crippen molar-refractivity contribution in [3.05, 3.63) is 449 Å². The molecule has 0 N–H and O–H groups in total. The quantitative estimate of drug-likeness (QED) is 0.0958. The maximum absolute atomic E-state index is 6.27. The standard InChI is InChI=1S/C34H33N.C34H37N.C31H31NO.C29H25NO/c1-23-16-31(35(29-8-4-2-5-9-29)30-10-6-3-7-11-30)13-15-32(23)26-12-14-33-27-18-24-17-25(19-27)21-28(20-24)34(33)22-26;1-24-22-28(35(26-14-10-8-11-15-26)27-16-12-9-13-17-27)19-20-29(24)25-18-21-30-31(23-25)33(4,5)34(6,7)32(30,2)3;1-22-20-26(32(24-12-8-6-9-13-24)25-14-10-7-11-15-25)17-18-27(22)23-16-19-29-28(21-23)30(2,3)31(4,5)33-29;1-20-18-24(30(22-8-4-2-5-9-22)23-10-6-3-7-11-23)13-15-25(20)21-12-14-26-27(19-21)29-17-16-28(26)31-29/h2-16,22,24-25,27-28H,17-21H2,1H3;8-23H,1-7H3;6-21H,1-5H3;2-15,18-19,28-29H,16-17H2,1H3. The van der Waals surface area contributed by atoms with Crippen LogP contribution in [0.3, 0.4) is 0 Å². The topological polar surface area (TPSA) is 31.4 Å². The second kappa shape index (κ2) is 36.1.